The molecule has 0 aromatic heterocycles. The Hall–Kier alpha value is -2.69. The van der Waals surface area contributed by atoms with Gasteiger partial charge in [0.05, 0.1) is 4.92 Å². The van der Waals surface area contributed by atoms with Crippen LogP contribution < -0.4 is 4.90 Å². The lowest BCUT2D eigenvalue weighted by Gasteiger charge is -2.40. The Bertz CT molecular complexity index is 802. The molecule has 0 N–H and O–H groups in total. The van der Waals surface area contributed by atoms with Crippen molar-refractivity contribution in [3.05, 3.63) is 69.8 Å². The van der Waals surface area contributed by atoms with E-state index in [9.17, 15) is 14.9 Å². The Morgan fingerprint density at radius 2 is 1.96 bits per heavy atom. The minimum Gasteiger partial charge on any atom is -0.368 e. The van der Waals surface area contributed by atoms with Gasteiger partial charge in [0.2, 0.25) is 0 Å². The number of anilines is 1. The third kappa shape index (κ3) is 3.93. The zero-order valence-electron chi connectivity index (χ0n) is 15.2. The molecule has 0 unspecified atom stereocenters. The van der Waals surface area contributed by atoms with Gasteiger partial charge >= 0.3 is 0 Å². The number of carbonyl (C=O) groups is 1. The first-order valence-corrected chi connectivity index (χ1v) is 9.08. The van der Waals surface area contributed by atoms with E-state index >= 15 is 0 Å². The van der Waals surface area contributed by atoms with E-state index in [1.165, 1.54) is 0 Å². The summed E-state index contributed by atoms with van der Waals surface area (Å²) in [4.78, 5) is 25.7. The summed E-state index contributed by atoms with van der Waals surface area (Å²) >= 11 is 0. The zero-order valence-corrected chi connectivity index (χ0v) is 15.2. The van der Waals surface area contributed by atoms with E-state index < -0.39 is 0 Å². The van der Waals surface area contributed by atoms with E-state index in [1.807, 2.05) is 36.4 Å². The highest BCUT2D eigenvalue weighted by Crippen LogP contribution is 2.35. The number of benzene rings is 2. The summed E-state index contributed by atoms with van der Waals surface area (Å²) in [6.07, 6.45) is 2.06. The molecule has 0 radical (unpaired) electrons. The molecule has 1 aliphatic heterocycles. The highest BCUT2D eigenvalue weighted by Gasteiger charge is 2.29. The predicted octanol–water partition coefficient (Wildman–Crippen LogP) is 4.65. The number of rotatable bonds is 6. The quantitative estimate of drug-likeness (QED) is 0.431. The number of ketones is 1. The lowest BCUT2D eigenvalue weighted by Crippen LogP contribution is -2.42. The summed E-state index contributed by atoms with van der Waals surface area (Å²) < 4.78 is 0. The normalized spacial score (nSPS) is 16.4. The zero-order chi connectivity index (χ0) is 18.7. The van der Waals surface area contributed by atoms with E-state index in [2.05, 4.69) is 18.7 Å². The van der Waals surface area contributed by atoms with Crippen molar-refractivity contribution >= 4 is 17.2 Å². The monoisotopic (exact) mass is 352 g/mol. The Kier molecular flexibility index (Phi) is 5.35. The number of Topliss-reactive ketones (excluding diaryl/α,β-unsaturated/α-hetero) is 1. The van der Waals surface area contributed by atoms with E-state index in [0.29, 0.717) is 12.3 Å². The molecule has 1 heterocycles. The van der Waals surface area contributed by atoms with Crippen LogP contribution in [-0.4, -0.2) is 23.3 Å². The van der Waals surface area contributed by atoms with Crippen LogP contribution in [0.2, 0.25) is 0 Å². The molecule has 0 bridgehead atoms. The van der Waals surface area contributed by atoms with Crippen LogP contribution in [0, 0.1) is 16.0 Å². The second-order valence-corrected chi connectivity index (χ2v) is 7.30. The van der Waals surface area contributed by atoms with Crippen LogP contribution in [0.15, 0.2) is 48.5 Å². The maximum Gasteiger partial charge on any atom is 0.269 e. The number of nitro benzene ring substituents is 1. The highest BCUT2D eigenvalue weighted by atomic mass is 16.6. The van der Waals surface area contributed by atoms with Crippen molar-refractivity contribution in [2.75, 3.05) is 11.4 Å². The minimum atomic E-state index is -0.349. The number of aryl methyl sites for hydroxylation is 1. The van der Waals surface area contributed by atoms with Gasteiger partial charge in [-0.05, 0) is 30.4 Å². The van der Waals surface area contributed by atoms with Gasteiger partial charge in [-0.3, -0.25) is 14.9 Å². The third-order valence-corrected chi connectivity index (χ3v) is 4.85. The number of non-ortho nitro benzene ring substituents is 1. The Labute approximate surface area is 153 Å². The molecule has 2 aromatic rings. The maximum atomic E-state index is 12.7. The van der Waals surface area contributed by atoms with Crippen molar-refractivity contribution in [3.63, 3.8) is 0 Å². The summed E-state index contributed by atoms with van der Waals surface area (Å²) in [6.45, 7) is 5.13. The smallest absolute Gasteiger partial charge is 0.269 e. The fourth-order valence-electron chi connectivity index (χ4n) is 3.65. The van der Waals surface area contributed by atoms with Gasteiger partial charge in [0.1, 0.15) is 0 Å². The fourth-order valence-corrected chi connectivity index (χ4v) is 3.65. The summed E-state index contributed by atoms with van der Waals surface area (Å²) in [7, 11) is 0. The second-order valence-electron chi connectivity index (χ2n) is 7.30. The molecule has 1 aliphatic rings. The SMILES string of the molecule is CC(C)CN1c2ccc([N+](=O)[O-])cc2CC[C@@H]1CC(=O)c1ccccc1. The number of hydrogen-bond donors (Lipinski definition) is 0. The summed E-state index contributed by atoms with van der Waals surface area (Å²) in [6, 6.07) is 14.6. The van der Waals surface area contributed by atoms with Crippen LogP contribution in [0.4, 0.5) is 11.4 Å². The van der Waals surface area contributed by atoms with Crippen molar-refractivity contribution in [1.29, 1.82) is 0 Å². The first-order chi connectivity index (χ1) is 12.5. The number of carbonyl (C=O) groups excluding carboxylic acids is 1. The van der Waals surface area contributed by atoms with Crippen LogP contribution in [0.1, 0.15) is 42.6 Å². The molecule has 136 valence electrons. The van der Waals surface area contributed by atoms with Crippen LogP contribution in [0.3, 0.4) is 0 Å². The molecule has 0 saturated carbocycles. The van der Waals surface area contributed by atoms with Gasteiger partial charge in [0.15, 0.2) is 5.78 Å². The lowest BCUT2D eigenvalue weighted by molar-refractivity contribution is -0.384. The van der Waals surface area contributed by atoms with Gasteiger partial charge in [-0.2, -0.15) is 0 Å². The molecule has 26 heavy (non-hydrogen) atoms. The van der Waals surface area contributed by atoms with Crippen molar-refractivity contribution in [1.82, 2.24) is 0 Å². The van der Waals surface area contributed by atoms with Crippen LogP contribution in [0.25, 0.3) is 0 Å². The Balaban J connectivity index is 1.86. The van der Waals surface area contributed by atoms with Gasteiger partial charge in [0.25, 0.3) is 5.69 Å². The van der Waals surface area contributed by atoms with E-state index in [-0.39, 0.29) is 22.4 Å². The summed E-state index contributed by atoms with van der Waals surface area (Å²) in [5.74, 6) is 0.584. The molecule has 5 heteroatoms. The van der Waals surface area contributed by atoms with Crippen molar-refractivity contribution in [2.24, 2.45) is 5.92 Å². The molecule has 0 saturated heterocycles. The summed E-state index contributed by atoms with van der Waals surface area (Å²) in [5, 5.41) is 11.1. The number of hydrogen-bond acceptors (Lipinski definition) is 4. The average molecular weight is 352 g/mol. The van der Waals surface area contributed by atoms with Gasteiger partial charge in [-0.1, -0.05) is 44.2 Å². The number of nitro groups is 1. The summed E-state index contributed by atoms with van der Waals surface area (Å²) in [5.41, 5.74) is 2.91. The molecule has 0 amide bonds. The first-order valence-electron chi connectivity index (χ1n) is 9.08. The Morgan fingerprint density at radius 1 is 1.23 bits per heavy atom. The fraction of sp³-hybridized carbons (Fsp3) is 0.381. The van der Waals surface area contributed by atoms with Crippen LogP contribution in [0.5, 0.6) is 0 Å². The second kappa shape index (κ2) is 7.68. The molecule has 0 fully saturated rings. The maximum absolute atomic E-state index is 12.7. The third-order valence-electron chi connectivity index (χ3n) is 4.85. The molecule has 1 atom stereocenters. The minimum absolute atomic E-state index is 0.124. The average Bonchev–Trinajstić information content (AvgIpc) is 2.63. The predicted molar refractivity (Wildman–Crippen MR) is 103 cm³/mol. The molecule has 0 spiro atoms. The number of nitrogens with zero attached hydrogens (tertiary/aromatic N) is 2. The van der Waals surface area contributed by atoms with Crippen molar-refractivity contribution in [3.8, 4) is 0 Å². The molecule has 3 rings (SSSR count). The van der Waals surface area contributed by atoms with E-state index in [0.717, 1.165) is 36.2 Å². The molecular weight excluding hydrogens is 328 g/mol. The lowest BCUT2D eigenvalue weighted by atomic mass is 9.90. The topological polar surface area (TPSA) is 63.4 Å². The van der Waals surface area contributed by atoms with Gasteiger partial charge in [-0.15, -0.1) is 0 Å². The standard InChI is InChI=1S/C21H24N2O3/c1-15(2)14-22-18(13-21(24)16-6-4-3-5-7-16)9-8-17-12-19(23(25)26)10-11-20(17)22/h3-7,10-12,15,18H,8-9,13-14H2,1-2H3/t18-/m1/s1. The largest absolute Gasteiger partial charge is 0.368 e. The van der Waals surface area contributed by atoms with Crippen molar-refractivity contribution in [2.45, 2.75) is 39.2 Å². The number of fused-ring (bicyclic) bond motifs is 1. The first kappa shape index (κ1) is 18.1. The molecule has 2 aromatic carbocycles. The van der Waals surface area contributed by atoms with Crippen LogP contribution >= 0.6 is 0 Å². The molecule has 5 nitrogen and oxygen atoms in total. The van der Waals surface area contributed by atoms with Crippen LogP contribution in [-0.2, 0) is 6.42 Å². The Morgan fingerprint density at radius 3 is 2.62 bits per heavy atom. The van der Waals surface area contributed by atoms with Gasteiger partial charge in [-0.25, -0.2) is 0 Å². The van der Waals surface area contributed by atoms with Gasteiger partial charge < -0.3 is 4.90 Å². The van der Waals surface area contributed by atoms with E-state index in [1.54, 1.807) is 12.1 Å². The molecular formula is C21H24N2O3. The van der Waals surface area contributed by atoms with Crippen molar-refractivity contribution < 1.29 is 9.72 Å². The highest BCUT2D eigenvalue weighted by molar-refractivity contribution is 5.96. The van der Waals surface area contributed by atoms with Gasteiger partial charge in [0, 0.05) is 42.4 Å². The van der Waals surface area contributed by atoms with E-state index in [4.69, 9.17) is 0 Å². The molecule has 0 aliphatic carbocycles.